The second kappa shape index (κ2) is 4.08. The van der Waals surface area contributed by atoms with Crippen LogP contribution in [0.2, 0.25) is 0 Å². The number of fused-ring (bicyclic) bond motifs is 1. The van der Waals surface area contributed by atoms with Gasteiger partial charge in [0.25, 0.3) is 0 Å². The van der Waals surface area contributed by atoms with Gasteiger partial charge in [0.2, 0.25) is 0 Å². The number of nitrogens with zero attached hydrogens (tertiary/aromatic N) is 1. The van der Waals surface area contributed by atoms with Gasteiger partial charge >= 0.3 is 0 Å². The Morgan fingerprint density at radius 3 is 2.53 bits per heavy atom. The minimum absolute atomic E-state index is 0.983. The summed E-state index contributed by atoms with van der Waals surface area (Å²) in [5.74, 6) is 3.19. The fraction of sp³-hybridized carbons (Fsp3) is 1.00. The highest BCUT2D eigenvalue weighted by atomic mass is 15.2. The van der Waals surface area contributed by atoms with Crippen molar-refractivity contribution in [3.63, 3.8) is 0 Å². The number of likely N-dealkylation sites (tertiary alicyclic amines) is 1. The summed E-state index contributed by atoms with van der Waals surface area (Å²) in [7, 11) is 0. The zero-order chi connectivity index (χ0) is 10.3. The van der Waals surface area contributed by atoms with E-state index in [0.717, 1.165) is 23.8 Å². The Labute approximate surface area is 94.2 Å². The zero-order valence-electron chi connectivity index (χ0n) is 10.1. The van der Waals surface area contributed by atoms with Crippen molar-refractivity contribution in [2.45, 2.75) is 57.9 Å². The van der Waals surface area contributed by atoms with E-state index in [2.05, 4.69) is 11.8 Å². The molecule has 1 heteroatoms. The molecule has 1 nitrogen and oxygen atoms in total. The van der Waals surface area contributed by atoms with Crippen LogP contribution in [0.3, 0.4) is 0 Å². The third-order valence-electron chi connectivity index (χ3n) is 5.16. The number of hydrogen-bond acceptors (Lipinski definition) is 1. The van der Waals surface area contributed by atoms with Gasteiger partial charge in [-0.15, -0.1) is 0 Å². The molecule has 0 aromatic heterocycles. The van der Waals surface area contributed by atoms with Crippen molar-refractivity contribution >= 4 is 0 Å². The summed E-state index contributed by atoms with van der Waals surface area (Å²) in [5.41, 5.74) is 0. The van der Waals surface area contributed by atoms with Crippen LogP contribution in [0.5, 0.6) is 0 Å². The first kappa shape index (κ1) is 10.1. The van der Waals surface area contributed by atoms with Gasteiger partial charge in [-0.1, -0.05) is 19.8 Å². The van der Waals surface area contributed by atoms with Crippen LogP contribution >= 0.6 is 0 Å². The molecule has 0 amide bonds. The van der Waals surface area contributed by atoms with E-state index in [4.69, 9.17) is 0 Å². The summed E-state index contributed by atoms with van der Waals surface area (Å²) in [6.07, 6.45) is 10.6. The summed E-state index contributed by atoms with van der Waals surface area (Å²) < 4.78 is 0. The van der Waals surface area contributed by atoms with Crippen molar-refractivity contribution in [1.82, 2.24) is 4.90 Å². The first-order valence-corrected chi connectivity index (χ1v) is 7.08. The fourth-order valence-electron chi connectivity index (χ4n) is 4.58. The third-order valence-corrected chi connectivity index (χ3v) is 5.16. The molecule has 0 bridgehead atoms. The van der Waals surface area contributed by atoms with Gasteiger partial charge < -0.3 is 4.90 Å². The molecule has 1 heterocycles. The van der Waals surface area contributed by atoms with Crippen molar-refractivity contribution in [1.29, 1.82) is 0 Å². The quantitative estimate of drug-likeness (QED) is 0.637. The van der Waals surface area contributed by atoms with Crippen molar-refractivity contribution < 1.29 is 0 Å². The maximum Gasteiger partial charge on any atom is 0.0126 e. The molecular formula is C14H25N. The maximum absolute atomic E-state index is 2.83. The molecule has 1 aliphatic heterocycles. The zero-order valence-corrected chi connectivity index (χ0v) is 10.1. The summed E-state index contributed by atoms with van der Waals surface area (Å²) in [4.78, 5) is 2.83. The van der Waals surface area contributed by atoms with Crippen molar-refractivity contribution in [2.75, 3.05) is 13.1 Å². The van der Waals surface area contributed by atoms with Gasteiger partial charge in [-0.3, -0.25) is 0 Å². The standard InChI is InChI=1S/C14H25N/c1-11-9-12-5-4-6-14(13(12)10-11)15-7-2-3-8-15/h11-14H,2-10H2,1H3. The van der Waals surface area contributed by atoms with Crippen LogP contribution in [0.15, 0.2) is 0 Å². The van der Waals surface area contributed by atoms with E-state index in [1.165, 1.54) is 51.6 Å². The summed E-state index contributed by atoms with van der Waals surface area (Å²) in [5, 5.41) is 0. The minimum atomic E-state index is 0.983. The highest BCUT2D eigenvalue weighted by molar-refractivity contribution is 4.94. The second-order valence-corrected chi connectivity index (χ2v) is 6.24. The lowest BCUT2D eigenvalue weighted by Crippen LogP contribution is -2.42. The van der Waals surface area contributed by atoms with E-state index < -0.39 is 0 Å². The van der Waals surface area contributed by atoms with Crippen molar-refractivity contribution in [3.05, 3.63) is 0 Å². The molecule has 0 aromatic rings. The van der Waals surface area contributed by atoms with E-state index in [1.807, 2.05) is 0 Å². The van der Waals surface area contributed by atoms with Crippen LogP contribution in [0.25, 0.3) is 0 Å². The van der Waals surface area contributed by atoms with Crippen LogP contribution in [0.4, 0.5) is 0 Å². The number of hydrogen-bond donors (Lipinski definition) is 0. The molecule has 15 heavy (non-hydrogen) atoms. The van der Waals surface area contributed by atoms with Gasteiger partial charge in [-0.2, -0.15) is 0 Å². The van der Waals surface area contributed by atoms with Crippen molar-refractivity contribution in [2.24, 2.45) is 17.8 Å². The Kier molecular flexibility index (Phi) is 2.76. The molecule has 0 aromatic carbocycles. The lowest BCUT2D eigenvalue weighted by Gasteiger charge is -2.39. The van der Waals surface area contributed by atoms with E-state index in [9.17, 15) is 0 Å². The molecule has 2 aliphatic carbocycles. The van der Waals surface area contributed by atoms with Crippen LogP contribution in [-0.4, -0.2) is 24.0 Å². The summed E-state index contributed by atoms with van der Waals surface area (Å²) in [6.45, 7) is 5.28. The normalized spacial score (nSPS) is 47.0. The fourth-order valence-corrected chi connectivity index (χ4v) is 4.58. The van der Waals surface area contributed by atoms with Crippen LogP contribution in [0, 0.1) is 17.8 Å². The lowest BCUT2D eigenvalue weighted by molar-refractivity contribution is 0.100. The molecule has 4 unspecified atom stereocenters. The van der Waals surface area contributed by atoms with Gasteiger partial charge in [-0.05, 0) is 62.9 Å². The average Bonchev–Trinajstić information content (AvgIpc) is 2.82. The second-order valence-electron chi connectivity index (χ2n) is 6.24. The molecule has 4 atom stereocenters. The molecule has 0 N–H and O–H groups in total. The Balaban J connectivity index is 1.71. The highest BCUT2D eigenvalue weighted by Crippen LogP contribution is 2.47. The predicted molar refractivity (Wildman–Crippen MR) is 63.8 cm³/mol. The average molecular weight is 207 g/mol. The van der Waals surface area contributed by atoms with E-state index in [0.29, 0.717) is 0 Å². The summed E-state index contributed by atoms with van der Waals surface area (Å²) in [6, 6.07) is 0.983. The van der Waals surface area contributed by atoms with E-state index >= 15 is 0 Å². The molecular weight excluding hydrogens is 182 g/mol. The van der Waals surface area contributed by atoms with Crippen molar-refractivity contribution in [3.8, 4) is 0 Å². The Morgan fingerprint density at radius 1 is 0.933 bits per heavy atom. The minimum Gasteiger partial charge on any atom is -0.300 e. The highest BCUT2D eigenvalue weighted by Gasteiger charge is 2.41. The SMILES string of the molecule is CC1CC2CCCC(N3CCCC3)C2C1. The van der Waals surface area contributed by atoms with E-state index in [1.54, 1.807) is 6.42 Å². The molecule has 86 valence electrons. The van der Waals surface area contributed by atoms with Crippen LogP contribution in [-0.2, 0) is 0 Å². The molecule has 1 saturated heterocycles. The molecule has 0 radical (unpaired) electrons. The molecule has 2 saturated carbocycles. The first-order chi connectivity index (χ1) is 7.34. The van der Waals surface area contributed by atoms with Crippen LogP contribution in [0.1, 0.15) is 51.9 Å². The van der Waals surface area contributed by atoms with Gasteiger partial charge in [0, 0.05) is 6.04 Å². The monoisotopic (exact) mass is 207 g/mol. The maximum atomic E-state index is 2.83. The lowest BCUT2D eigenvalue weighted by atomic mass is 9.77. The molecule has 0 spiro atoms. The smallest absolute Gasteiger partial charge is 0.0126 e. The number of rotatable bonds is 1. The van der Waals surface area contributed by atoms with Crippen LogP contribution < -0.4 is 0 Å². The Bertz CT molecular complexity index is 219. The van der Waals surface area contributed by atoms with Gasteiger partial charge in [0.1, 0.15) is 0 Å². The van der Waals surface area contributed by atoms with Gasteiger partial charge in [-0.25, -0.2) is 0 Å². The molecule has 3 aliphatic rings. The first-order valence-electron chi connectivity index (χ1n) is 7.08. The van der Waals surface area contributed by atoms with E-state index in [-0.39, 0.29) is 0 Å². The Morgan fingerprint density at radius 2 is 1.73 bits per heavy atom. The van der Waals surface area contributed by atoms with Gasteiger partial charge in [0.15, 0.2) is 0 Å². The topological polar surface area (TPSA) is 3.24 Å². The third kappa shape index (κ3) is 1.84. The Hall–Kier alpha value is -0.0400. The molecule has 3 rings (SSSR count). The molecule has 3 fully saturated rings. The largest absolute Gasteiger partial charge is 0.300 e. The summed E-state index contributed by atoms with van der Waals surface area (Å²) >= 11 is 0. The predicted octanol–water partition coefficient (Wildman–Crippen LogP) is 3.30. The van der Waals surface area contributed by atoms with Gasteiger partial charge in [0.05, 0.1) is 0 Å².